The molecule has 4 heteroatoms. The Morgan fingerprint density at radius 3 is 1.66 bits per heavy atom. The number of rotatable bonds is 8. The molecule has 0 saturated heterocycles. The summed E-state index contributed by atoms with van der Waals surface area (Å²) >= 11 is 0. The molecule has 1 aliphatic rings. The maximum absolute atomic E-state index is 13.5. The zero-order valence-electron chi connectivity index (χ0n) is 17.6. The highest BCUT2D eigenvalue weighted by molar-refractivity contribution is 5.80. The first-order valence-electron chi connectivity index (χ1n) is 10.5. The standard InChI is InChI=1S/C25H32N2O2/c1-26(2)23(28)17-25(15-9-10-16-25)18-24(29)27(19-21-11-5-3-6-12-21)20-22-13-7-4-8-14-22/h3-8,11-14H,9-10,15-20H2,1-2H3. The summed E-state index contributed by atoms with van der Waals surface area (Å²) in [7, 11) is 3.59. The molecule has 2 aromatic carbocycles. The van der Waals surface area contributed by atoms with Crippen LogP contribution in [0.3, 0.4) is 0 Å². The van der Waals surface area contributed by atoms with Crippen molar-refractivity contribution in [3.05, 3.63) is 71.8 Å². The van der Waals surface area contributed by atoms with Crippen LogP contribution in [0.1, 0.15) is 49.7 Å². The van der Waals surface area contributed by atoms with E-state index in [0.717, 1.165) is 36.8 Å². The number of carbonyl (C=O) groups is 2. The zero-order chi connectivity index (χ0) is 20.7. The molecule has 154 valence electrons. The monoisotopic (exact) mass is 392 g/mol. The van der Waals surface area contributed by atoms with Gasteiger partial charge in [0.05, 0.1) is 0 Å². The van der Waals surface area contributed by atoms with Crippen LogP contribution in [0, 0.1) is 5.41 Å². The van der Waals surface area contributed by atoms with E-state index in [1.54, 1.807) is 19.0 Å². The van der Waals surface area contributed by atoms with E-state index in [0.29, 0.717) is 25.9 Å². The molecule has 2 amide bonds. The first-order chi connectivity index (χ1) is 14.0. The first kappa shape index (κ1) is 21.1. The minimum atomic E-state index is -0.190. The molecule has 0 bridgehead atoms. The predicted octanol–water partition coefficient (Wildman–Crippen LogP) is 4.64. The van der Waals surface area contributed by atoms with Gasteiger partial charge in [-0.1, -0.05) is 73.5 Å². The average molecular weight is 393 g/mol. The smallest absolute Gasteiger partial charge is 0.223 e. The van der Waals surface area contributed by atoms with Gasteiger partial charge in [0.2, 0.25) is 11.8 Å². The van der Waals surface area contributed by atoms with E-state index in [4.69, 9.17) is 0 Å². The summed E-state index contributed by atoms with van der Waals surface area (Å²) in [4.78, 5) is 29.5. The average Bonchev–Trinajstić information content (AvgIpc) is 3.17. The number of carbonyl (C=O) groups excluding carboxylic acids is 2. The van der Waals surface area contributed by atoms with Gasteiger partial charge >= 0.3 is 0 Å². The van der Waals surface area contributed by atoms with Gasteiger partial charge in [-0.25, -0.2) is 0 Å². The van der Waals surface area contributed by atoms with Crippen LogP contribution in [0.4, 0.5) is 0 Å². The van der Waals surface area contributed by atoms with E-state index in [1.165, 1.54) is 0 Å². The lowest BCUT2D eigenvalue weighted by Gasteiger charge is -2.32. The summed E-state index contributed by atoms with van der Waals surface area (Å²) in [6.45, 7) is 1.18. The van der Waals surface area contributed by atoms with E-state index in [-0.39, 0.29) is 17.2 Å². The van der Waals surface area contributed by atoms with Gasteiger partial charge < -0.3 is 9.80 Å². The minimum absolute atomic E-state index is 0.123. The van der Waals surface area contributed by atoms with Gasteiger partial charge in [0.1, 0.15) is 0 Å². The normalized spacial score (nSPS) is 15.1. The molecule has 0 spiro atoms. The summed E-state index contributed by atoms with van der Waals surface area (Å²) in [5.74, 6) is 0.267. The third kappa shape index (κ3) is 5.93. The van der Waals surface area contributed by atoms with Gasteiger partial charge in [-0.05, 0) is 29.4 Å². The maximum atomic E-state index is 13.5. The molecule has 3 rings (SSSR count). The summed E-state index contributed by atoms with van der Waals surface area (Å²) in [6.07, 6.45) is 5.05. The molecule has 0 radical (unpaired) electrons. The van der Waals surface area contributed by atoms with Crippen molar-refractivity contribution in [2.24, 2.45) is 5.41 Å². The van der Waals surface area contributed by atoms with E-state index < -0.39 is 0 Å². The van der Waals surface area contributed by atoms with Crippen molar-refractivity contribution in [3.63, 3.8) is 0 Å². The van der Waals surface area contributed by atoms with Gasteiger partial charge in [0, 0.05) is 40.0 Å². The summed E-state index contributed by atoms with van der Waals surface area (Å²) in [5.41, 5.74) is 2.06. The lowest BCUT2D eigenvalue weighted by Crippen LogP contribution is -2.37. The predicted molar refractivity (Wildman–Crippen MR) is 116 cm³/mol. The maximum Gasteiger partial charge on any atom is 0.223 e. The highest BCUT2D eigenvalue weighted by atomic mass is 16.2. The molecular formula is C25H32N2O2. The third-order valence-corrected chi connectivity index (χ3v) is 6.00. The quantitative estimate of drug-likeness (QED) is 0.656. The highest BCUT2D eigenvalue weighted by Crippen LogP contribution is 2.44. The number of benzene rings is 2. The second kappa shape index (κ2) is 9.73. The lowest BCUT2D eigenvalue weighted by molar-refractivity contribution is -0.137. The fourth-order valence-electron chi connectivity index (χ4n) is 4.29. The Balaban J connectivity index is 1.78. The zero-order valence-corrected chi connectivity index (χ0v) is 17.6. The van der Waals surface area contributed by atoms with Crippen molar-refractivity contribution in [1.29, 1.82) is 0 Å². The van der Waals surface area contributed by atoms with E-state index >= 15 is 0 Å². The van der Waals surface area contributed by atoms with E-state index in [2.05, 4.69) is 24.3 Å². The van der Waals surface area contributed by atoms with E-state index in [9.17, 15) is 9.59 Å². The van der Waals surface area contributed by atoms with Gasteiger partial charge in [-0.3, -0.25) is 9.59 Å². The minimum Gasteiger partial charge on any atom is -0.349 e. The molecule has 1 aliphatic carbocycles. The van der Waals surface area contributed by atoms with Crippen LogP contribution in [-0.4, -0.2) is 35.7 Å². The second-order valence-corrected chi connectivity index (χ2v) is 8.57. The number of hydrogen-bond acceptors (Lipinski definition) is 2. The summed E-state index contributed by atoms with van der Waals surface area (Å²) < 4.78 is 0. The van der Waals surface area contributed by atoms with Gasteiger partial charge in [-0.2, -0.15) is 0 Å². The third-order valence-electron chi connectivity index (χ3n) is 6.00. The second-order valence-electron chi connectivity index (χ2n) is 8.57. The summed E-state index contributed by atoms with van der Waals surface area (Å²) in [6, 6.07) is 20.3. The Morgan fingerprint density at radius 1 is 0.759 bits per heavy atom. The van der Waals surface area contributed by atoms with Gasteiger partial charge in [0.15, 0.2) is 0 Å². The summed E-state index contributed by atoms with van der Waals surface area (Å²) in [5, 5.41) is 0. The molecule has 0 unspecified atom stereocenters. The van der Waals surface area contributed by atoms with Crippen LogP contribution in [0.5, 0.6) is 0 Å². The van der Waals surface area contributed by atoms with Gasteiger partial charge in [-0.15, -0.1) is 0 Å². The Morgan fingerprint density at radius 2 is 1.21 bits per heavy atom. The Hall–Kier alpha value is -2.62. The van der Waals surface area contributed by atoms with Crippen LogP contribution in [-0.2, 0) is 22.7 Å². The van der Waals surface area contributed by atoms with Gasteiger partial charge in [0.25, 0.3) is 0 Å². The molecule has 4 nitrogen and oxygen atoms in total. The molecule has 0 aromatic heterocycles. The molecule has 1 saturated carbocycles. The molecule has 29 heavy (non-hydrogen) atoms. The van der Waals surface area contributed by atoms with E-state index in [1.807, 2.05) is 41.3 Å². The first-order valence-corrected chi connectivity index (χ1v) is 10.5. The highest BCUT2D eigenvalue weighted by Gasteiger charge is 2.39. The number of amides is 2. The fourth-order valence-corrected chi connectivity index (χ4v) is 4.29. The molecule has 0 atom stereocenters. The van der Waals surface area contributed by atoms with Crippen molar-refractivity contribution < 1.29 is 9.59 Å². The van der Waals surface area contributed by atoms with Crippen molar-refractivity contribution in [2.75, 3.05) is 14.1 Å². The van der Waals surface area contributed by atoms with Crippen LogP contribution < -0.4 is 0 Å². The Kier molecular flexibility index (Phi) is 7.08. The van der Waals surface area contributed by atoms with Crippen LogP contribution >= 0.6 is 0 Å². The van der Waals surface area contributed by atoms with Crippen molar-refractivity contribution in [1.82, 2.24) is 9.80 Å². The number of hydrogen-bond donors (Lipinski definition) is 0. The molecule has 1 fully saturated rings. The SMILES string of the molecule is CN(C)C(=O)CC1(CC(=O)N(Cc2ccccc2)Cc2ccccc2)CCCC1. The topological polar surface area (TPSA) is 40.6 Å². The molecule has 0 N–H and O–H groups in total. The van der Waals surface area contributed by atoms with Crippen LogP contribution in [0.15, 0.2) is 60.7 Å². The van der Waals surface area contributed by atoms with Crippen LogP contribution in [0.2, 0.25) is 0 Å². The fraction of sp³-hybridized carbons (Fsp3) is 0.440. The lowest BCUT2D eigenvalue weighted by atomic mass is 9.78. The van der Waals surface area contributed by atoms with Crippen molar-refractivity contribution in [2.45, 2.75) is 51.6 Å². The van der Waals surface area contributed by atoms with Crippen LogP contribution in [0.25, 0.3) is 0 Å². The molecular weight excluding hydrogens is 360 g/mol. The molecule has 0 heterocycles. The molecule has 0 aliphatic heterocycles. The van der Waals surface area contributed by atoms with Crippen molar-refractivity contribution in [3.8, 4) is 0 Å². The number of nitrogens with zero attached hydrogens (tertiary/aromatic N) is 2. The molecule has 2 aromatic rings. The largest absolute Gasteiger partial charge is 0.349 e. The van der Waals surface area contributed by atoms with Crippen molar-refractivity contribution >= 4 is 11.8 Å². The Bertz CT molecular complexity index is 755. The Labute approximate surface area is 174 Å².